The van der Waals surface area contributed by atoms with Gasteiger partial charge in [-0.25, -0.2) is 24.1 Å². The van der Waals surface area contributed by atoms with Crippen molar-refractivity contribution in [3.63, 3.8) is 0 Å². The Hall–Kier alpha value is -3.50. The molecule has 1 N–H and O–H groups in total. The number of amides is 1. The first kappa shape index (κ1) is 25.6. The van der Waals surface area contributed by atoms with E-state index in [0.717, 1.165) is 0 Å². The fourth-order valence-electron chi connectivity index (χ4n) is 3.61. The van der Waals surface area contributed by atoms with Crippen LogP contribution in [0, 0.1) is 5.82 Å². The summed E-state index contributed by atoms with van der Waals surface area (Å²) in [7, 11) is 0. The largest absolute Gasteiger partial charge is 0.444 e. The van der Waals surface area contributed by atoms with E-state index in [2.05, 4.69) is 15.0 Å². The number of hydrogen-bond acceptors (Lipinski definition) is 8. The highest BCUT2D eigenvalue weighted by atomic mass is 35.5. The number of carbonyl (C=O) groups excluding carboxylic acids is 1. The molecule has 9 nitrogen and oxygen atoms in total. The Balaban J connectivity index is 1.43. The van der Waals surface area contributed by atoms with Crippen LogP contribution >= 0.6 is 11.6 Å². The Morgan fingerprint density at radius 2 is 1.78 bits per heavy atom. The average molecular weight is 516 g/mol. The first-order valence-corrected chi connectivity index (χ1v) is 11.8. The third-order valence-electron chi connectivity index (χ3n) is 5.25. The van der Waals surface area contributed by atoms with Crippen LogP contribution in [0.1, 0.15) is 26.3 Å². The Kier molecular flexibility index (Phi) is 7.56. The fourth-order valence-corrected chi connectivity index (χ4v) is 3.84. The minimum absolute atomic E-state index is 0.194. The van der Waals surface area contributed by atoms with Crippen LogP contribution in [0.3, 0.4) is 0 Å². The summed E-state index contributed by atoms with van der Waals surface area (Å²) in [5.74, 6) is 0.557. The van der Waals surface area contributed by atoms with Gasteiger partial charge in [0.15, 0.2) is 5.75 Å². The van der Waals surface area contributed by atoms with Crippen molar-refractivity contribution in [2.45, 2.75) is 33.0 Å². The van der Waals surface area contributed by atoms with Crippen LogP contribution < -0.4 is 9.64 Å². The number of nitrogens with zero attached hydrogens (tertiary/aromatic N) is 5. The van der Waals surface area contributed by atoms with Crippen LogP contribution in [0.4, 0.5) is 15.1 Å². The highest BCUT2D eigenvalue weighted by Gasteiger charge is 2.26. The maximum atomic E-state index is 13.8. The lowest BCUT2D eigenvalue weighted by Gasteiger charge is -2.35. The molecule has 3 heterocycles. The normalized spacial score (nSPS) is 14.1. The molecule has 4 rings (SSSR count). The lowest BCUT2D eigenvalue weighted by molar-refractivity contribution is 0.0240. The van der Waals surface area contributed by atoms with E-state index in [-0.39, 0.29) is 23.6 Å². The molecule has 11 heteroatoms. The summed E-state index contributed by atoms with van der Waals surface area (Å²) in [5.41, 5.74) is 0.857. The molecular formula is C25H27ClFN5O4. The second-order valence-corrected chi connectivity index (χ2v) is 9.73. The molecule has 0 bridgehead atoms. The zero-order valence-electron chi connectivity index (χ0n) is 20.2. The fraction of sp³-hybridized carbons (Fsp3) is 0.360. The van der Waals surface area contributed by atoms with Crippen LogP contribution in [0.15, 0.2) is 42.7 Å². The smallest absolute Gasteiger partial charge is 0.410 e. The van der Waals surface area contributed by atoms with Crippen molar-refractivity contribution in [2.24, 2.45) is 0 Å². The maximum absolute atomic E-state index is 13.8. The lowest BCUT2D eigenvalue weighted by atomic mass is 10.1. The Labute approximate surface area is 213 Å². The quantitative estimate of drug-likeness (QED) is 0.523. The topological polar surface area (TPSA) is 101 Å². The molecule has 0 atom stereocenters. The molecule has 0 spiro atoms. The standard InChI is InChI=1S/C25H27ClFN5O4/c1-25(2,3)36-24(34)32-6-4-31(5-7-32)23-28-13-20(14-29-23)35-22-9-16(15-33)8-21(30-22)17-10-18(26)12-19(27)11-17/h8-14,33H,4-7,15H2,1-3H3. The van der Waals surface area contributed by atoms with Gasteiger partial charge in [0.25, 0.3) is 0 Å². The molecule has 0 saturated carbocycles. The van der Waals surface area contributed by atoms with E-state index < -0.39 is 11.4 Å². The van der Waals surface area contributed by atoms with E-state index in [1.165, 1.54) is 24.5 Å². The van der Waals surface area contributed by atoms with Gasteiger partial charge in [-0.3, -0.25) is 0 Å². The highest BCUT2D eigenvalue weighted by molar-refractivity contribution is 6.30. The van der Waals surface area contributed by atoms with Crippen molar-refractivity contribution >= 4 is 23.6 Å². The number of aliphatic hydroxyl groups excluding tert-OH is 1. The van der Waals surface area contributed by atoms with E-state index in [1.54, 1.807) is 23.1 Å². The van der Waals surface area contributed by atoms with Gasteiger partial charge in [-0.15, -0.1) is 0 Å². The number of anilines is 1. The second kappa shape index (κ2) is 10.6. The third kappa shape index (κ3) is 6.58. The third-order valence-corrected chi connectivity index (χ3v) is 5.47. The Bertz CT molecular complexity index is 1210. The predicted octanol–water partition coefficient (Wildman–Crippen LogP) is 4.67. The van der Waals surface area contributed by atoms with E-state index in [4.69, 9.17) is 21.1 Å². The molecular weight excluding hydrogens is 489 g/mol. The minimum atomic E-state index is -0.538. The van der Waals surface area contributed by atoms with Crippen molar-refractivity contribution in [1.82, 2.24) is 19.9 Å². The number of ether oxygens (including phenoxy) is 2. The summed E-state index contributed by atoms with van der Waals surface area (Å²) in [4.78, 5) is 29.1. The van der Waals surface area contributed by atoms with Gasteiger partial charge in [-0.1, -0.05) is 11.6 Å². The lowest BCUT2D eigenvalue weighted by Crippen LogP contribution is -2.50. The first-order chi connectivity index (χ1) is 17.1. The Morgan fingerprint density at radius 1 is 1.08 bits per heavy atom. The molecule has 0 aliphatic carbocycles. The van der Waals surface area contributed by atoms with E-state index in [9.17, 15) is 14.3 Å². The molecule has 0 unspecified atom stereocenters. The number of carbonyl (C=O) groups is 1. The molecule has 1 fully saturated rings. The van der Waals surface area contributed by atoms with Crippen LogP contribution in [0.25, 0.3) is 11.3 Å². The molecule has 190 valence electrons. The maximum Gasteiger partial charge on any atom is 0.410 e. The number of rotatable bonds is 5. The number of benzene rings is 1. The summed E-state index contributed by atoms with van der Waals surface area (Å²) >= 11 is 5.98. The summed E-state index contributed by atoms with van der Waals surface area (Å²) in [6.07, 6.45) is 2.72. The Morgan fingerprint density at radius 3 is 2.39 bits per heavy atom. The molecule has 3 aromatic rings. The van der Waals surface area contributed by atoms with Gasteiger partial charge < -0.3 is 24.4 Å². The number of aliphatic hydroxyl groups is 1. The molecule has 36 heavy (non-hydrogen) atoms. The number of aromatic nitrogens is 3. The molecule has 1 saturated heterocycles. The van der Waals surface area contributed by atoms with Crippen LogP contribution in [-0.4, -0.2) is 62.8 Å². The minimum Gasteiger partial charge on any atom is -0.444 e. The number of piperazine rings is 1. The average Bonchev–Trinajstić information content (AvgIpc) is 2.83. The van der Waals surface area contributed by atoms with E-state index >= 15 is 0 Å². The van der Waals surface area contributed by atoms with Gasteiger partial charge in [-0.2, -0.15) is 0 Å². The summed E-state index contributed by atoms with van der Waals surface area (Å²) < 4.78 is 25.1. The van der Waals surface area contributed by atoms with Crippen molar-refractivity contribution in [2.75, 3.05) is 31.1 Å². The summed E-state index contributed by atoms with van der Waals surface area (Å²) in [5, 5.41) is 9.89. The van der Waals surface area contributed by atoms with Crippen LogP contribution in [0.5, 0.6) is 11.6 Å². The van der Waals surface area contributed by atoms with E-state index in [1.807, 2.05) is 25.7 Å². The van der Waals surface area contributed by atoms with Crippen LogP contribution in [-0.2, 0) is 11.3 Å². The van der Waals surface area contributed by atoms with Crippen LogP contribution in [0.2, 0.25) is 5.02 Å². The molecule has 1 aromatic carbocycles. The van der Waals surface area contributed by atoms with Gasteiger partial charge in [0, 0.05) is 42.8 Å². The predicted molar refractivity (Wildman–Crippen MR) is 133 cm³/mol. The van der Waals surface area contributed by atoms with Gasteiger partial charge >= 0.3 is 6.09 Å². The highest BCUT2D eigenvalue weighted by Crippen LogP contribution is 2.28. The SMILES string of the molecule is CC(C)(C)OC(=O)N1CCN(c2ncc(Oc3cc(CO)cc(-c4cc(F)cc(Cl)c4)n3)cn2)CC1. The summed E-state index contributed by atoms with van der Waals surface area (Å²) in [6.45, 7) is 7.41. The van der Waals surface area contributed by atoms with Gasteiger partial charge in [0.2, 0.25) is 11.8 Å². The molecule has 2 aromatic heterocycles. The van der Waals surface area contributed by atoms with Crippen molar-refractivity contribution in [3.05, 3.63) is 59.1 Å². The van der Waals surface area contributed by atoms with Gasteiger partial charge in [0.1, 0.15) is 11.4 Å². The van der Waals surface area contributed by atoms with Gasteiger partial charge in [0.05, 0.1) is 24.7 Å². The molecule has 1 amide bonds. The number of hydrogen-bond donors (Lipinski definition) is 1. The molecule has 1 aliphatic rings. The number of halogens is 2. The first-order valence-electron chi connectivity index (χ1n) is 11.4. The van der Waals surface area contributed by atoms with Gasteiger partial charge in [-0.05, 0) is 50.6 Å². The van der Waals surface area contributed by atoms with Crippen molar-refractivity contribution in [3.8, 4) is 22.9 Å². The van der Waals surface area contributed by atoms with E-state index in [0.29, 0.717) is 54.7 Å². The zero-order chi connectivity index (χ0) is 25.9. The summed E-state index contributed by atoms with van der Waals surface area (Å²) in [6, 6.07) is 7.30. The number of pyridine rings is 1. The molecule has 0 radical (unpaired) electrons. The zero-order valence-corrected chi connectivity index (χ0v) is 21.0. The van der Waals surface area contributed by atoms with Crippen molar-refractivity contribution in [1.29, 1.82) is 0 Å². The monoisotopic (exact) mass is 515 g/mol. The van der Waals surface area contributed by atoms with Crippen molar-refractivity contribution < 1.29 is 23.8 Å². The molecule has 1 aliphatic heterocycles. The second-order valence-electron chi connectivity index (χ2n) is 9.29.